The number of nitrogens with zero attached hydrogens (tertiary/aromatic N) is 5. The fourth-order valence-corrected chi connectivity index (χ4v) is 3.96. The second-order valence-electron chi connectivity index (χ2n) is 10.3. The van der Waals surface area contributed by atoms with Crippen molar-refractivity contribution in [1.29, 1.82) is 5.26 Å². The number of hydrogen-bond acceptors (Lipinski definition) is 8. The first kappa shape index (κ1) is 34.4. The van der Waals surface area contributed by atoms with Crippen molar-refractivity contribution in [3.8, 4) is 11.9 Å². The molecule has 1 aromatic carbocycles. The quantitative estimate of drug-likeness (QED) is 0.0382. The fraction of sp³-hybridized carbons (Fsp3) is 0.483. The molecule has 1 heterocycles. The predicted molar refractivity (Wildman–Crippen MR) is 157 cm³/mol. The number of hydroxylamine groups is 2. The zero-order chi connectivity index (χ0) is 31.0. The number of guanidine groups is 1. The number of ether oxygens (including phenoxy) is 2. The Morgan fingerprint density at radius 2 is 1.71 bits per heavy atom. The summed E-state index contributed by atoms with van der Waals surface area (Å²) in [4.78, 5) is 33.8. The standard InChI is InChI=1S/C29H40ClN6O6/c1-28(2,3)42-35(23-38)15-8-20-41-29(39,21-37)34-17-13-25(14-18-34)36(27(32)33-22-31)16-6-4-5-7-19-40-26-11-9-24(30)10-12-26/h9-14,17-18,21,23,39H,4-8,15-16,19-20H2,1-3H3,(H2,32,33)/q+1. The van der Waals surface area contributed by atoms with Gasteiger partial charge >= 0.3 is 5.91 Å². The number of carbonyl (C=O) groups is 2. The number of amides is 1. The smallest absolute Gasteiger partial charge is 0.448 e. The maximum atomic E-state index is 11.8. The van der Waals surface area contributed by atoms with Gasteiger partial charge in [-0.05, 0) is 64.3 Å². The number of hydrogen-bond donors (Lipinski definition) is 2. The molecule has 228 valence electrons. The van der Waals surface area contributed by atoms with Crippen molar-refractivity contribution in [2.75, 3.05) is 31.2 Å². The number of rotatable bonds is 18. The highest BCUT2D eigenvalue weighted by Crippen LogP contribution is 2.17. The molecule has 0 fully saturated rings. The summed E-state index contributed by atoms with van der Waals surface area (Å²) in [7, 11) is 0. The first-order valence-electron chi connectivity index (χ1n) is 13.6. The number of aromatic nitrogens is 1. The highest BCUT2D eigenvalue weighted by Gasteiger charge is 2.39. The van der Waals surface area contributed by atoms with E-state index >= 15 is 0 Å². The summed E-state index contributed by atoms with van der Waals surface area (Å²) >= 11 is 5.89. The number of benzene rings is 1. The zero-order valence-corrected chi connectivity index (χ0v) is 25.1. The van der Waals surface area contributed by atoms with Gasteiger partial charge in [0.15, 0.2) is 12.4 Å². The van der Waals surface area contributed by atoms with E-state index in [2.05, 4.69) is 4.99 Å². The van der Waals surface area contributed by atoms with Crippen LogP contribution in [0.5, 0.6) is 5.75 Å². The molecule has 0 aliphatic heterocycles. The SMILES string of the molecule is CC(C)(C)ON(C=O)CCCOC(O)(C=O)[n+]1ccc(N(CCCCCCOc2ccc(Cl)cc2)C(N)=NC#N)cc1. The third-order valence-corrected chi connectivity index (χ3v) is 6.04. The van der Waals surface area contributed by atoms with E-state index < -0.39 is 11.5 Å². The molecule has 13 heteroatoms. The van der Waals surface area contributed by atoms with Crippen molar-refractivity contribution in [1.82, 2.24) is 5.06 Å². The molecule has 0 aliphatic rings. The van der Waals surface area contributed by atoms with Crippen molar-refractivity contribution in [2.24, 2.45) is 10.7 Å². The predicted octanol–water partition coefficient (Wildman–Crippen LogP) is 3.27. The van der Waals surface area contributed by atoms with Gasteiger partial charge in [-0.2, -0.15) is 5.26 Å². The van der Waals surface area contributed by atoms with E-state index in [-0.39, 0.29) is 25.4 Å². The van der Waals surface area contributed by atoms with Crippen LogP contribution in [-0.4, -0.2) is 60.7 Å². The van der Waals surface area contributed by atoms with Gasteiger partial charge in [-0.15, -0.1) is 9.56 Å². The molecule has 0 bridgehead atoms. The number of carbonyl (C=O) groups excluding carboxylic acids is 2. The maximum Gasteiger partial charge on any atom is 0.448 e. The van der Waals surface area contributed by atoms with Crippen molar-refractivity contribution in [2.45, 2.75) is 64.4 Å². The van der Waals surface area contributed by atoms with Gasteiger partial charge in [0, 0.05) is 23.7 Å². The summed E-state index contributed by atoms with van der Waals surface area (Å²) in [5.41, 5.74) is 6.11. The Kier molecular flexibility index (Phi) is 14.1. The van der Waals surface area contributed by atoms with Gasteiger partial charge in [0.1, 0.15) is 5.75 Å². The number of halogens is 1. The first-order valence-corrected chi connectivity index (χ1v) is 14.0. The molecule has 12 nitrogen and oxygen atoms in total. The number of pyridine rings is 1. The molecule has 0 saturated heterocycles. The minimum Gasteiger partial charge on any atom is -0.494 e. The first-order chi connectivity index (χ1) is 20.0. The van der Waals surface area contributed by atoms with Crippen LogP contribution >= 0.6 is 11.6 Å². The number of nitriles is 1. The average molecular weight is 604 g/mol. The topological polar surface area (TPSA) is 155 Å². The van der Waals surface area contributed by atoms with Crippen LogP contribution in [0.1, 0.15) is 52.9 Å². The third-order valence-electron chi connectivity index (χ3n) is 5.79. The van der Waals surface area contributed by atoms with Gasteiger partial charge in [-0.25, -0.2) is 5.06 Å². The average Bonchev–Trinajstić information content (AvgIpc) is 2.96. The van der Waals surface area contributed by atoms with Gasteiger partial charge in [-0.3, -0.25) is 19.2 Å². The molecule has 0 aliphatic carbocycles. The molecule has 2 aromatic rings. The zero-order valence-electron chi connectivity index (χ0n) is 24.3. The summed E-state index contributed by atoms with van der Waals surface area (Å²) in [5.74, 6) is -1.46. The minimum atomic E-state index is -2.26. The van der Waals surface area contributed by atoms with Gasteiger partial charge in [-0.1, -0.05) is 24.4 Å². The molecule has 1 unspecified atom stereocenters. The number of aliphatic imine (C=N–C) groups is 1. The molecule has 0 saturated carbocycles. The van der Waals surface area contributed by atoms with E-state index in [0.29, 0.717) is 36.7 Å². The molecular formula is C29H40ClN6O6+. The van der Waals surface area contributed by atoms with Crippen LogP contribution in [0.25, 0.3) is 0 Å². The van der Waals surface area contributed by atoms with Gasteiger partial charge in [0.2, 0.25) is 18.6 Å². The van der Waals surface area contributed by atoms with Gasteiger partial charge < -0.3 is 20.5 Å². The third kappa shape index (κ3) is 12.0. The van der Waals surface area contributed by atoms with E-state index in [1.54, 1.807) is 35.4 Å². The van der Waals surface area contributed by atoms with Gasteiger partial charge in [0.25, 0.3) is 6.29 Å². The van der Waals surface area contributed by atoms with E-state index in [9.17, 15) is 14.7 Å². The number of aliphatic hydroxyl groups is 1. The second kappa shape index (κ2) is 17.3. The number of aldehydes is 1. The van der Waals surface area contributed by atoms with Crippen LogP contribution in [-0.2, 0) is 25.1 Å². The van der Waals surface area contributed by atoms with Crippen LogP contribution < -0.4 is 19.9 Å². The Morgan fingerprint density at radius 1 is 1.05 bits per heavy atom. The Balaban J connectivity index is 1.90. The second-order valence-corrected chi connectivity index (χ2v) is 10.8. The monoisotopic (exact) mass is 603 g/mol. The van der Waals surface area contributed by atoms with Crippen LogP contribution in [0, 0.1) is 11.5 Å². The van der Waals surface area contributed by atoms with Crippen LogP contribution in [0.4, 0.5) is 5.69 Å². The Bertz CT molecular complexity index is 1180. The highest BCUT2D eigenvalue weighted by molar-refractivity contribution is 6.30. The molecule has 1 amide bonds. The van der Waals surface area contributed by atoms with E-state index in [1.807, 2.05) is 32.9 Å². The number of anilines is 1. The van der Waals surface area contributed by atoms with E-state index in [0.717, 1.165) is 36.5 Å². The maximum absolute atomic E-state index is 11.8. The van der Waals surface area contributed by atoms with Crippen LogP contribution in [0.3, 0.4) is 0 Å². The lowest BCUT2D eigenvalue weighted by Crippen LogP contribution is -2.59. The lowest BCUT2D eigenvalue weighted by Gasteiger charge is -2.26. The van der Waals surface area contributed by atoms with Crippen LogP contribution in [0.2, 0.25) is 5.02 Å². The molecule has 42 heavy (non-hydrogen) atoms. The lowest BCUT2D eigenvalue weighted by molar-refractivity contribution is -0.833. The Hall–Kier alpha value is -3.76. The van der Waals surface area contributed by atoms with Gasteiger partial charge in [0.05, 0.1) is 31.0 Å². The molecule has 1 aromatic heterocycles. The lowest BCUT2D eigenvalue weighted by atomic mass is 10.2. The summed E-state index contributed by atoms with van der Waals surface area (Å²) in [6.07, 6.45) is 9.25. The summed E-state index contributed by atoms with van der Waals surface area (Å²) < 4.78 is 12.4. The van der Waals surface area contributed by atoms with Crippen molar-refractivity contribution >= 4 is 35.9 Å². The van der Waals surface area contributed by atoms with Crippen LogP contribution in [0.15, 0.2) is 53.8 Å². The fourth-order valence-electron chi connectivity index (χ4n) is 3.83. The van der Waals surface area contributed by atoms with Crippen molar-refractivity contribution in [3.05, 3.63) is 53.8 Å². The summed E-state index contributed by atoms with van der Waals surface area (Å²) in [6.45, 7) is 6.71. The Labute approximate surface area is 251 Å². The number of unbranched alkanes of at least 4 members (excludes halogenated alkanes) is 3. The summed E-state index contributed by atoms with van der Waals surface area (Å²) in [6, 6.07) is 10.5. The largest absolute Gasteiger partial charge is 0.494 e. The molecule has 2 rings (SSSR count). The van der Waals surface area contributed by atoms with Crippen molar-refractivity contribution < 1.29 is 33.6 Å². The van der Waals surface area contributed by atoms with E-state index in [4.69, 9.17) is 36.9 Å². The van der Waals surface area contributed by atoms with Crippen molar-refractivity contribution in [3.63, 3.8) is 0 Å². The van der Waals surface area contributed by atoms with E-state index in [1.165, 1.54) is 17.0 Å². The minimum absolute atomic E-state index is 0.0273. The molecule has 1 atom stereocenters. The Morgan fingerprint density at radius 3 is 2.31 bits per heavy atom. The molecule has 3 N–H and O–H groups in total. The molecule has 0 spiro atoms. The molecule has 0 radical (unpaired) electrons. The highest BCUT2D eigenvalue weighted by atomic mass is 35.5. The summed E-state index contributed by atoms with van der Waals surface area (Å²) in [5, 5.41) is 21.6. The number of nitrogens with two attached hydrogens (primary N) is 1. The normalized spacial score (nSPS) is 13.1. The molecular weight excluding hydrogens is 564 g/mol.